The summed E-state index contributed by atoms with van der Waals surface area (Å²) in [6.45, 7) is 3.39. The second-order valence-corrected chi connectivity index (χ2v) is 6.09. The van der Waals surface area contributed by atoms with Gasteiger partial charge in [-0.15, -0.1) is 11.8 Å². The SMILES string of the molecule is CCOCOCCSc1cc2c3c(cccc3c1)C(=O)OC2=O. The van der Waals surface area contributed by atoms with Crippen molar-refractivity contribution < 1.29 is 23.8 Å². The number of ether oxygens (including phenoxy) is 3. The summed E-state index contributed by atoms with van der Waals surface area (Å²) >= 11 is 1.58. The molecule has 0 unspecified atom stereocenters. The van der Waals surface area contributed by atoms with E-state index in [2.05, 4.69) is 0 Å². The zero-order valence-electron chi connectivity index (χ0n) is 12.7. The summed E-state index contributed by atoms with van der Waals surface area (Å²) in [5.41, 5.74) is 0.879. The quantitative estimate of drug-likeness (QED) is 0.255. The lowest BCUT2D eigenvalue weighted by molar-refractivity contribution is -0.0435. The first-order valence-electron chi connectivity index (χ1n) is 7.32. The normalized spacial score (nSPS) is 13.4. The van der Waals surface area contributed by atoms with E-state index >= 15 is 0 Å². The second-order valence-electron chi connectivity index (χ2n) is 4.92. The Bertz CT molecular complexity index is 756. The monoisotopic (exact) mass is 332 g/mol. The molecule has 6 heteroatoms. The molecule has 1 aliphatic heterocycles. The van der Waals surface area contributed by atoms with E-state index in [-0.39, 0.29) is 6.79 Å². The molecular weight excluding hydrogens is 316 g/mol. The fourth-order valence-electron chi connectivity index (χ4n) is 2.43. The average Bonchev–Trinajstić information content (AvgIpc) is 2.55. The van der Waals surface area contributed by atoms with Crippen LogP contribution in [-0.4, -0.2) is 37.7 Å². The molecule has 0 aliphatic carbocycles. The third-order valence-corrected chi connectivity index (χ3v) is 4.38. The van der Waals surface area contributed by atoms with Gasteiger partial charge in [-0.05, 0) is 30.5 Å². The molecule has 0 fully saturated rings. The van der Waals surface area contributed by atoms with Crippen LogP contribution in [0.25, 0.3) is 10.8 Å². The van der Waals surface area contributed by atoms with E-state index in [0.29, 0.717) is 29.7 Å². The summed E-state index contributed by atoms with van der Waals surface area (Å²) < 4.78 is 15.2. The molecule has 0 radical (unpaired) electrons. The minimum atomic E-state index is -0.589. The molecule has 2 aromatic carbocycles. The fourth-order valence-corrected chi connectivity index (χ4v) is 3.28. The van der Waals surface area contributed by atoms with Crippen molar-refractivity contribution in [3.05, 3.63) is 41.5 Å². The zero-order chi connectivity index (χ0) is 16.2. The Morgan fingerprint density at radius 1 is 1.09 bits per heavy atom. The fraction of sp³-hybridized carbons (Fsp3) is 0.294. The Kier molecular flexibility index (Phi) is 4.95. The second kappa shape index (κ2) is 7.12. The number of thioether (sulfide) groups is 1. The maximum atomic E-state index is 12.0. The highest BCUT2D eigenvalue weighted by molar-refractivity contribution is 7.99. The predicted octanol–water partition coefficient (Wildman–Crippen LogP) is 3.25. The van der Waals surface area contributed by atoms with E-state index in [4.69, 9.17) is 14.2 Å². The number of esters is 2. The van der Waals surface area contributed by atoms with Crippen LogP contribution in [-0.2, 0) is 14.2 Å². The van der Waals surface area contributed by atoms with Gasteiger partial charge in [-0.3, -0.25) is 0 Å². The summed E-state index contributed by atoms with van der Waals surface area (Å²) in [6.07, 6.45) is 0. The van der Waals surface area contributed by atoms with Gasteiger partial charge in [0.2, 0.25) is 0 Å². The minimum Gasteiger partial charge on any atom is -0.386 e. The van der Waals surface area contributed by atoms with Gasteiger partial charge < -0.3 is 14.2 Å². The summed E-state index contributed by atoms with van der Waals surface area (Å²) in [6, 6.07) is 9.10. The van der Waals surface area contributed by atoms with Crippen LogP contribution in [0, 0.1) is 0 Å². The average molecular weight is 332 g/mol. The Morgan fingerprint density at radius 3 is 2.74 bits per heavy atom. The number of carbonyl (C=O) groups excluding carboxylic acids is 2. The zero-order valence-corrected chi connectivity index (χ0v) is 13.5. The molecule has 5 nitrogen and oxygen atoms in total. The summed E-state index contributed by atoms with van der Waals surface area (Å²) in [5, 5.41) is 1.54. The molecule has 0 bridgehead atoms. The van der Waals surface area contributed by atoms with Crippen molar-refractivity contribution in [1.29, 1.82) is 0 Å². The van der Waals surface area contributed by atoms with Gasteiger partial charge in [0, 0.05) is 22.6 Å². The van der Waals surface area contributed by atoms with E-state index in [1.54, 1.807) is 30.0 Å². The molecule has 0 spiro atoms. The molecular formula is C17H16O5S. The van der Waals surface area contributed by atoms with E-state index < -0.39 is 11.9 Å². The van der Waals surface area contributed by atoms with Gasteiger partial charge in [-0.2, -0.15) is 0 Å². The summed E-state index contributed by atoms with van der Waals surface area (Å²) in [7, 11) is 0. The Hall–Kier alpha value is -1.89. The van der Waals surface area contributed by atoms with E-state index in [1.165, 1.54) is 0 Å². The largest absolute Gasteiger partial charge is 0.386 e. The van der Waals surface area contributed by atoms with Crippen molar-refractivity contribution in [2.45, 2.75) is 11.8 Å². The minimum absolute atomic E-state index is 0.290. The Morgan fingerprint density at radius 2 is 1.91 bits per heavy atom. The molecule has 0 saturated carbocycles. The van der Waals surface area contributed by atoms with Gasteiger partial charge in [0.1, 0.15) is 6.79 Å². The van der Waals surface area contributed by atoms with Crippen LogP contribution >= 0.6 is 11.8 Å². The Labute approximate surface area is 137 Å². The van der Waals surface area contributed by atoms with Crippen molar-refractivity contribution in [2.75, 3.05) is 25.8 Å². The molecule has 1 heterocycles. The molecule has 120 valence electrons. The maximum Gasteiger partial charge on any atom is 0.346 e. The summed E-state index contributed by atoms with van der Waals surface area (Å²) in [4.78, 5) is 24.7. The van der Waals surface area contributed by atoms with Gasteiger partial charge in [0.25, 0.3) is 0 Å². The number of carbonyl (C=O) groups is 2. The standard InChI is InChI=1S/C17H16O5S/c1-2-20-10-21-6-7-23-12-8-11-4-3-5-13-15(11)14(9-12)17(19)22-16(13)18/h3-5,8-9H,2,6-7,10H2,1H3. The lowest BCUT2D eigenvalue weighted by Crippen LogP contribution is -2.19. The first-order valence-corrected chi connectivity index (χ1v) is 8.31. The lowest BCUT2D eigenvalue weighted by atomic mass is 9.97. The van der Waals surface area contributed by atoms with Gasteiger partial charge in [0.05, 0.1) is 17.7 Å². The molecule has 2 aromatic rings. The van der Waals surface area contributed by atoms with Crippen molar-refractivity contribution in [1.82, 2.24) is 0 Å². The number of cyclic esters (lactones) is 2. The van der Waals surface area contributed by atoms with Gasteiger partial charge in [-0.1, -0.05) is 12.1 Å². The first-order chi connectivity index (χ1) is 11.2. The van der Waals surface area contributed by atoms with Gasteiger partial charge in [0.15, 0.2) is 0 Å². The number of rotatable bonds is 7. The van der Waals surface area contributed by atoms with Crippen molar-refractivity contribution in [3.63, 3.8) is 0 Å². The Balaban J connectivity index is 1.79. The highest BCUT2D eigenvalue weighted by atomic mass is 32.2. The molecule has 23 heavy (non-hydrogen) atoms. The summed E-state index contributed by atoms with van der Waals surface area (Å²) in [5.74, 6) is -0.433. The van der Waals surface area contributed by atoms with Crippen LogP contribution in [0.2, 0.25) is 0 Å². The lowest BCUT2D eigenvalue weighted by Gasteiger charge is -2.16. The van der Waals surface area contributed by atoms with E-state index in [0.717, 1.165) is 16.0 Å². The van der Waals surface area contributed by atoms with Crippen LogP contribution in [0.5, 0.6) is 0 Å². The molecule has 0 saturated heterocycles. The molecule has 0 atom stereocenters. The maximum absolute atomic E-state index is 12.0. The van der Waals surface area contributed by atoms with E-state index in [9.17, 15) is 9.59 Å². The van der Waals surface area contributed by atoms with Crippen molar-refractivity contribution in [2.24, 2.45) is 0 Å². The van der Waals surface area contributed by atoms with Crippen LogP contribution in [0.15, 0.2) is 35.2 Å². The molecule has 0 N–H and O–H groups in total. The number of hydrogen-bond acceptors (Lipinski definition) is 6. The molecule has 1 aliphatic rings. The van der Waals surface area contributed by atoms with Crippen LogP contribution in [0.4, 0.5) is 0 Å². The third kappa shape index (κ3) is 3.39. The van der Waals surface area contributed by atoms with E-state index in [1.807, 2.05) is 19.1 Å². The topological polar surface area (TPSA) is 61.8 Å². The molecule has 0 amide bonds. The number of hydrogen-bond donors (Lipinski definition) is 0. The first kappa shape index (κ1) is 16.0. The third-order valence-electron chi connectivity index (χ3n) is 3.44. The smallest absolute Gasteiger partial charge is 0.346 e. The molecule has 3 rings (SSSR count). The molecule has 0 aromatic heterocycles. The number of benzene rings is 2. The van der Waals surface area contributed by atoms with Crippen LogP contribution in [0.3, 0.4) is 0 Å². The van der Waals surface area contributed by atoms with Gasteiger partial charge in [-0.25, -0.2) is 9.59 Å². The van der Waals surface area contributed by atoms with Crippen LogP contribution < -0.4 is 0 Å². The van der Waals surface area contributed by atoms with Crippen molar-refractivity contribution in [3.8, 4) is 0 Å². The highest BCUT2D eigenvalue weighted by Gasteiger charge is 2.27. The van der Waals surface area contributed by atoms with Gasteiger partial charge >= 0.3 is 11.9 Å². The highest BCUT2D eigenvalue weighted by Crippen LogP contribution is 2.33. The van der Waals surface area contributed by atoms with Crippen LogP contribution in [0.1, 0.15) is 27.6 Å². The predicted molar refractivity (Wildman–Crippen MR) is 86.9 cm³/mol. The van der Waals surface area contributed by atoms with Crippen molar-refractivity contribution >= 4 is 34.5 Å².